The minimum Gasteiger partial charge on any atom is -0.313 e. The quantitative estimate of drug-likeness (QED) is 0.922. The van der Waals surface area contributed by atoms with Crippen molar-refractivity contribution in [3.05, 3.63) is 29.8 Å². The Labute approximate surface area is 114 Å². The molecule has 3 rings (SSSR count). The lowest BCUT2D eigenvalue weighted by atomic mass is 10.0. The summed E-state index contributed by atoms with van der Waals surface area (Å²) in [5.41, 5.74) is 1.97. The molecule has 0 aromatic heterocycles. The summed E-state index contributed by atoms with van der Waals surface area (Å²) >= 11 is 0. The number of anilines is 1. The summed E-state index contributed by atoms with van der Waals surface area (Å²) in [6, 6.07) is 8.13. The number of rotatable bonds is 3. The second-order valence-electron chi connectivity index (χ2n) is 5.36. The summed E-state index contributed by atoms with van der Waals surface area (Å²) < 4.78 is 26.8. The van der Waals surface area contributed by atoms with Crippen LogP contribution in [-0.4, -0.2) is 27.3 Å². The first-order chi connectivity index (χ1) is 9.14. The van der Waals surface area contributed by atoms with Crippen LogP contribution in [-0.2, 0) is 10.0 Å². The summed E-state index contributed by atoms with van der Waals surface area (Å²) in [5, 5.41) is 3.15. The van der Waals surface area contributed by atoms with E-state index < -0.39 is 10.0 Å². The minimum atomic E-state index is -3.15. The van der Waals surface area contributed by atoms with E-state index in [2.05, 4.69) is 5.32 Å². The fourth-order valence-corrected chi connectivity index (χ4v) is 4.75. The second-order valence-corrected chi connectivity index (χ2v) is 7.50. The van der Waals surface area contributed by atoms with E-state index in [-0.39, 0.29) is 11.3 Å². The molecule has 1 unspecified atom stereocenters. The smallest absolute Gasteiger partial charge is 0.238 e. The van der Waals surface area contributed by atoms with Crippen LogP contribution in [0.25, 0.3) is 0 Å². The third kappa shape index (κ3) is 2.25. The lowest BCUT2D eigenvalue weighted by Gasteiger charge is -2.25. The third-order valence-corrected chi connectivity index (χ3v) is 6.34. The number of nitrogens with one attached hydrogen (secondary N) is 1. The van der Waals surface area contributed by atoms with Crippen LogP contribution in [0.1, 0.15) is 37.3 Å². The third-order valence-electron chi connectivity index (χ3n) is 4.04. The van der Waals surface area contributed by atoms with E-state index in [1.54, 1.807) is 4.31 Å². The van der Waals surface area contributed by atoms with Gasteiger partial charge in [0, 0.05) is 12.6 Å². The number of hydrogen-bond donors (Lipinski definition) is 1. The molecule has 0 radical (unpaired) electrons. The second kappa shape index (κ2) is 4.80. The molecule has 1 aliphatic carbocycles. The van der Waals surface area contributed by atoms with Crippen LogP contribution < -0.4 is 9.62 Å². The zero-order valence-corrected chi connectivity index (χ0v) is 12.0. The maximum absolute atomic E-state index is 12.6. The van der Waals surface area contributed by atoms with Gasteiger partial charge in [0.1, 0.15) is 0 Å². The molecular weight excluding hydrogens is 260 g/mol. The van der Waals surface area contributed by atoms with Gasteiger partial charge in [-0.25, -0.2) is 8.42 Å². The first-order valence-corrected chi connectivity index (χ1v) is 8.42. The summed E-state index contributed by atoms with van der Waals surface area (Å²) in [6.45, 7) is 0.605. The standard InChI is InChI=1S/C14H20N2O2S/c1-15-13-6-4-10-16(19(17,18)11-8-9-11)14-7-3-2-5-12(13)14/h2-3,5,7,11,13,15H,4,6,8-10H2,1H3. The van der Waals surface area contributed by atoms with Crippen molar-refractivity contribution >= 4 is 15.7 Å². The highest BCUT2D eigenvalue weighted by molar-refractivity contribution is 7.93. The van der Waals surface area contributed by atoms with Crippen LogP contribution in [0.5, 0.6) is 0 Å². The highest BCUT2D eigenvalue weighted by atomic mass is 32.2. The van der Waals surface area contributed by atoms with Crippen molar-refractivity contribution in [1.82, 2.24) is 5.32 Å². The van der Waals surface area contributed by atoms with Crippen LogP contribution >= 0.6 is 0 Å². The van der Waals surface area contributed by atoms with E-state index in [9.17, 15) is 8.42 Å². The average molecular weight is 280 g/mol. The molecule has 1 atom stereocenters. The zero-order valence-electron chi connectivity index (χ0n) is 11.2. The van der Waals surface area contributed by atoms with Crippen molar-refractivity contribution in [2.24, 2.45) is 0 Å². The predicted octanol–water partition coefficient (Wildman–Crippen LogP) is 2.04. The fraction of sp³-hybridized carbons (Fsp3) is 0.571. The summed E-state index contributed by atoms with van der Waals surface area (Å²) in [5.74, 6) is 0. The van der Waals surface area contributed by atoms with Gasteiger partial charge in [0.15, 0.2) is 0 Å². The number of benzene rings is 1. The predicted molar refractivity (Wildman–Crippen MR) is 76.8 cm³/mol. The average Bonchev–Trinajstić information content (AvgIpc) is 3.24. The van der Waals surface area contributed by atoms with Gasteiger partial charge in [0.25, 0.3) is 0 Å². The number of para-hydroxylation sites is 1. The maximum Gasteiger partial charge on any atom is 0.238 e. The molecule has 19 heavy (non-hydrogen) atoms. The molecule has 0 spiro atoms. The number of fused-ring (bicyclic) bond motifs is 1. The summed E-state index contributed by atoms with van der Waals surface area (Å²) in [7, 11) is -1.21. The van der Waals surface area contributed by atoms with Crippen molar-refractivity contribution in [1.29, 1.82) is 0 Å². The molecule has 2 aliphatic rings. The SMILES string of the molecule is CNC1CCCN(S(=O)(=O)C2CC2)c2ccccc21. The Kier molecular flexibility index (Phi) is 3.27. The molecule has 0 amide bonds. The first kappa shape index (κ1) is 12.9. The van der Waals surface area contributed by atoms with Gasteiger partial charge in [0.2, 0.25) is 10.0 Å². The lowest BCUT2D eigenvalue weighted by Crippen LogP contribution is -2.34. The molecule has 1 saturated carbocycles. The van der Waals surface area contributed by atoms with Crippen molar-refractivity contribution in [2.45, 2.75) is 37.0 Å². The van der Waals surface area contributed by atoms with Crippen LogP contribution in [0, 0.1) is 0 Å². The number of hydrogen-bond acceptors (Lipinski definition) is 3. The molecule has 1 aromatic rings. The Bertz CT molecular complexity index is 567. The van der Waals surface area contributed by atoms with Gasteiger partial charge >= 0.3 is 0 Å². The lowest BCUT2D eigenvalue weighted by molar-refractivity contribution is 0.543. The Hall–Kier alpha value is -1.07. The van der Waals surface area contributed by atoms with Crippen LogP contribution in [0.2, 0.25) is 0 Å². The minimum absolute atomic E-state index is 0.147. The summed E-state index contributed by atoms with van der Waals surface area (Å²) in [4.78, 5) is 0. The van der Waals surface area contributed by atoms with Gasteiger partial charge in [-0.05, 0) is 44.4 Å². The zero-order chi connectivity index (χ0) is 13.5. The Morgan fingerprint density at radius 1 is 1.21 bits per heavy atom. The van der Waals surface area contributed by atoms with E-state index in [1.165, 1.54) is 0 Å². The van der Waals surface area contributed by atoms with Gasteiger partial charge in [0.05, 0.1) is 10.9 Å². The van der Waals surface area contributed by atoms with Crippen LogP contribution in [0.15, 0.2) is 24.3 Å². The molecule has 1 fully saturated rings. The molecule has 1 aliphatic heterocycles. The van der Waals surface area contributed by atoms with Crippen molar-refractivity contribution in [3.63, 3.8) is 0 Å². The van der Waals surface area contributed by atoms with Crippen molar-refractivity contribution in [3.8, 4) is 0 Å². The highest BCUT2D eigenvalue weighted by Gasteiger charge is 2.41. The van der Waals surface area contributed by atoms with E-state index in [0.717, 1.165) is 36.9 Å². The van der Waals surface area contributed by atoms with E-state index >= 15 is 0 Å². The Morgan fingerprint density at radius 2 is 1.95 bits per heavy atom. The van der Waals surface area contributed by atoms with Crippen molar-refractivity contribution in [2.75, 3.05) is 17.9 Å². The molecule has 0 bridgehead atoms. The van der Waals surface area contributed by atoms with E-state index in [4.69, 9.17) is 0 Å². The molecular formula is C14H20N2O2S. The molecule has 0 saturated heterocycles. The maximum atomic E-state index is 12.6. The van der Waals surface area contributed by atoms with E-state index in [0.29, 0.717) is 6.54 Å². The van der Waals surface area contributed by atoms with Crippen LogP contribution in [0.4, 0.5) is 5.69 Å². The highest BCUT2D eigenvalue weighted by Crippen LogP contribution is 2.39. The molecule has 104 valence electrons. The van der Waals surface area contributed by atoms with Crippen LogP contribution in [0.3, 0.4) is 0 Å². The molecule has 1 N–H and O–H groups in total. The van der Waals surface area contributed by atoms with Gasteiger partial charge in [-0.3, -0.25) is 4.31 Å². The number of sulfonamides is 1. The molecule has 1 aromatic carbocycles. The topological polar surface area (TPSA) is 49.4 Å². The molecule has 4 nitrogen and oxygen atoms in total. The fourth-order valence-electron chi connectivity index (χ4n) is 2.83. The Balaban J connectivity index is 2.06. The normalized spacial score (nSPS) is 23.8. The van der Waals surface area contributed by atoms with E-state index in [1.807, 2.05) is 31.3 Å². The largest absolute Gasteiger partial charge is 0.313 e. The van der Waals surface area contributed by atoms with Crippen molar-refractivity contribution < 1.29 is 8.42 Å². The van der Waals surface area contributed by atoms with Gasteiger partial charge in [-0.2, -0.15) is 0 Å². The Morgan fingerprint density at radius 3 is 2.63 bits per heavy atom. The van der Waals surface area contributed by atoms with Gasteiger partial charge in [-0.15, -0.1) is 0 Å². The molecule has 1 heterocycles. The monoisotopic (exact) mass is 280 g/mol. The molecule has 5 heteroatoms. The number of nitrogens with zero attached hydrogens (tertiary/aromatic N) is 1. The summed E-state index contributed by atoms with van der Waals surface area (Å²) in [6.07, 6.45) is 3.50. The van der Waals surface area contributed by atoms with Gasteiger partial charge < -0.3 is 5.32 Å². The van der Waals surface area contributed by atoms with Gasteiger partial charge in [-0.1, -0.05) is 18.2 Å². The first-order valence-electron chi connectivity index (χ1n) is 6.92.